The van der Waals surface area contributed by atoms with Crippen molar-refractivity contribution in [2.75, 3.05) is 11.4 Å². The maximum absolute atomic E-state index is 11.7. The van der Waals surface area contributed by atoms with E-state index in [2.05, 4.69) is 10.3 Å². The molecular weight excluding hydrogens is 232 g/mol. The number of anilines is 1. The lowest BCUT2D eigenvalue weighted by atomic mass is 10.1. The number of carbonyl (C=O) groups is 2. The third-order valence-electron chi connectivity index (χ3n) is 2.81. The Balaban J connectivity index is 2.31. The summed E-state index contributed by atoms with van der Waals surface area (Å²) in [6.45, 7) is 1.97. The smallest absolute Gasteiger partial charge is 0.249 e. The van der Waals surface area contributed by atoms with Crippen LogP contribution < -0.4 is 10.2 Å². The Kier molecular flexibility index (Phi) is 3.24. The van der Waals surface area contributed by atoms with Gasteiger partial charge in [-0.25, -0.2) is 4.98 Å². The second-order valence-corrected chi connectivity index (χ2v) is 3.98. The predicted octanol–water partition coefficient (Wildman–Crippen LogP) is 0.195. The summed E-state index contributed by atoms with van der Waals surface area (Å²) < 4.78 is 0. The Labute approximate surface area is 104 Å². The van der Waals surface area contributed by atoms with Crippen LogP contribution in [-0.2, 0) is 9.59 Å². The van der Waals surface area contributed by atoms with E-state index in [-0.39, 0.29) is 18.4 Å². The van der Waals surface area contributed by atoms with Gasteiger partial charge in [0.25, 0.3) is 0 Å². The summed E-state index contributed by atoms with van der Waals surface area (Å²) in [5.41, 5.74) is 0.444. The van der Waals surface area contributed by atoms with Crippen molar-refractivity contribution >= 4 is 17.6 Å². The molecular formula is C12H12N4O2. The largest absolute Gasteiger partial charge is 0.335 e. The van der Waals surface area contributed by atoms with Crippen LogP contribution in [0.2, 0.25) is 0 Å². The topological polar surface area (TPSA) is 86.1 Å². The highest BCUT2D eigenvalue weighted by atomic mass is 16.2. The van der Waals surface area contributed by atoms with Gasteiger partial charge in [0.15, 0.2) is 0 Å². The van der Waals surface area contributed by atoms with E-state index >= 15 is 0 Å². The molecule has 0 spiro atoms. The molecule has 0 saturated carbocycles. The molecule has 2 heterocycles. The van der Waals surface area contributed by atoms with E-state index in [1.165, 1.54) is 6.20 Å². The average molecular weight is 244 g/mol. The summed E-state index contributed by atoms with van der Waals surface area (Å²) in [5, 5.41) is 11.0. The second kappa shape index (κ2) is 4.84. The molecule has 1 atom stereocenters. The number of nitrogens with zero attached hydrogens (tertiary/aromatic N) is 3. The molecule has 1 aliphatic heterocycles. The van der Waals surface area contributed by atoms with E-state index in [1.807, 2.05) is 13.0 Å². The Bertz CT molecular complexity index is 518. The molecule has 1 fully saturated rings. The SMILES string of the molecule is CCC1C(=O)NC(=O)CN1c1ccc(C#N)cn1. The molecule has 1 aromatic heterocycles. The van der Waals surface area contributed by atoms with Crippen LogP contribution in [-0.4, -0.2) is 29.4 Å². The van der Waals surface area contributed by atoms with Gasteiger partial charge < -0.3 is 4.90 Å². The van der Waals surface area contributed by atoms with Crippen LogP contribution in [0.15, 0.2) is 18.3 Å². The molecule has 1 aromatic rings. The first-order valence-corrected chi connectivity index (χ1v) is 5.62. The average Bonchev–Trinajstić information content (AvgIpc) is 2.38. The summed E-state index contributed by atoms with van der Waals surface area (Å²) in [7, 11) is 0. The van der Waals surface area contributed by atoms with Gasteiger partial charge in [-0.1, -0.05) is 6.92 Å². The van der Waals surface area contributed by atoms with Crippen molar-refractivity contribution in [3.05, 3.63) is 23.9 Å². The highest BCUT2D eigenvalue weighted by Gasteiger charge is 2.33. The first-order chi connectivity index (χ1) is 8.65. The van der Waals surface area contributed by atoms with Crippen LogP contribution in [0.25, 0.3) is 0 Å². The van der Waals surface area contributed by atoms with E-state index in [0.717, 1.165) is 0 Å². The van der Waals surface area contributed by atoms with Gasteiger partial charge in [0.05, 0.1) is 12.1 Å². The van der Waals surface area contributed by atoms with E-state index in [1.54, 1.807) is 17.0 Å². The molecule has 0 aliphatic carbocycles. The number of amides is 2. The molecule has 92 valence electrons. The number of nitriles is 1. The first-order valence-electron chi connectivity index (χ1n) is 5.62. The van der Waals surface area contributed by atoms with Crippen molar-refractivity contribution in [2.45, 2.75) is 19.4 Å². The van der Waals surface area contributed by atoms with E-state index in [0.29, 0.717) is 17.8 Å². The number of carbonyl (C=O) groups excluding carboxylic acids is 2. The molecule has 1 saturated heterocycles. The Morgan fingerprint density at radius 3 is 2.89 bits per heavy atom. The van der Waals surface area contributed by atoms with E-state index < -0.39 is 6.04 Å². The van der Waals surface area contributed by atoms with Crippen molar-refractivity contribution in [1.82, 2.24) is 10.3 Å². The van der Waals surface area contributed by atoms with Gasteiger partial charge in [0.2, 0.25) is 11.8 Å². The van der Waals surface area contributed by atoms with Crippen molar-refractivity contribution in [3.63, 3.8) is 0 Å². The zero-order valence-corrected chi connectivity index (χ0v) is 9.88. The number of rotatable bonds is 2. The van der Waals surface area contributed by atoms with Crippen LogP contribution in [0, 0.1) is 11.3 Å². The fourth-order valence-electron chi connectivity index (χ4n) is 1.94. The zero-order chi connectivity index (χ0) is 13.1. The summed E-state index contributed by atoms with van der Waals surface area (Å²) in [6, 6.07) is 4.84. The minimum Gasteiger partial charge on any atom is -0.335 e. The third-order valence-corrected chi connectivity index (χ3v) is 2.81. The molecule has 18 heavy (non-hydrogen) atoms. The van der Waals surface area contributed by atoms with Gasteiger partial charge in [0.1, 0.15) is 17.9 Å². The summed E-state index contributed by atoms with van der Waals surface area (Å²) in [6.07, 6.45) is 2.01. The van der Waals surface area contributed by atoms with Crippen LogP contribution in [0.4, 0.5) is 5.82 Å². The minimum atomic E-state index is -0.400. The van der Waals surface area contributed by atoms with Gasteiger partial charge in [-0.3, -0.25) is 14.9 Å². The molecule has 1 aliphatic rings. The lowest BCUT2D eigenvalue weighted by Crippen LogP contribution is -2.58. The lowest BCUT2D eigenvalue weighted by Gasteiger charge is -2.34. The molecule has 6 nitrogen and oxygen atoms in total. The van der Waals surface area contributed by atoms with E-state index in [9.17, 15) is 9.59 Å². The maximum atomic E-state index is 11.7. The van der Waals surface area contributed by atoms with Crippen molar-refractivity contribution in [2.24, 2.45) is 0 Å². The van der Waals surface area contributed by atoms with Crippen LogP contribution in [0.3, 0.4) is 0 Å². The Hall–Kier alpha value is -2.42. The quantitative estimate of drug-likeness (QED) is 0.751. The van der Waals surface area contributed by atoms with Gasteiger partial charge in [0, 0.05) is 6.20 Å². The zero-order valence-electron chi connectivity index (χ0n) is 9.88. The normalized spacial score (nSPS) is 19.3. The number of imide groups is 1. The Morgan fingerprint density at radius 1 is 1.56 bits per heavy atom. The maximum Gasteiger partial charge on any atom is 0.249 e. The molecule has 6 heteroatoms. The van der Waals surface area contributed by atoms with Gasteiger partial charge in [-0.2, -0.15) is 5.26 Å². The van der Waals surface area contributed by atoms with Crippen LogP contribution in [0.5, 0.6) is 0 Å². The van der Waals surface area contributed by atoms with Crippen molar-refractivity contribution in [1.29, 1.82) is 5.26 Å². The monoisotopic (exact) mass is 244 g/mol. The molecule has 0 bridgehead atoms. The molecule has 1 N–H and O–H groups in total. The number of aromatic nitrogens is 1. The minimum absolute atomic E-state index is 0.100. The number of nitrogens with one attached hydrogen (secondary N) is 1. The fraction of sp³-hybridized carbons (Fsp3) is 0.333. The molecule has 0 aromatic carbocycles. The van der Waals surface area contributed by atoms with Gasteiger partial charge in [-0.15, -0.1) is 0 Å². The number of piperazine rings is 1. The summed E-state index contributed by atoms with van der Waals surface area (Å²) in [5.74, 6) is -0.111. The lowest BCUT2D eigenvalue weighted by molar-refractivity contribution is -0.132. The highest BCUT2D eigenvalue weighted by Crippen LogP contribution is 2.18. The first kappa shape index (κ1) is 12.0. The second-order valence-electron chi connectivity index (χ2n) is 3.98. The Morgan fingerprint density at radius 2 is 2.33 bits per heavy atom. The van der Waals surface area contributed by atoms with Crippen LogP contribution >= 0.6 is 0 Å². The molecule has 1 unspecified atom stereocenters. The predicted molar refractivity (Wildman–Crippen MR) is 63.5 cm³/mol. The standard InChI is InChI=1S/C12H12N4O2/c1-2-9-12(18)15-11(17)7-16(9)10-4-3-8(5-13)6-14-10/h3-4,6,9H,2,7H2,1H3,(H,15,17,18). The number of hydrogen-bond donors (Lipinski definition) is 1. The number of hydrogen-bond acceptors (Lipinski definition) is 5. The molecule has 2 amide bonds. The summed E-state index contributed by atoms with van der Waals surface area (Å²) >= 11 is 0. The van der Waals surface area contributed by atoms with Crippen LogP contribution in [0.1, 0.15) is 18.9 Å². The highest BCUT2D eigenvalue weighted by molar-refractivity contribution is 6.04. The van der Waals surface area contributed by atoms with Crippen molar-refractivity contribution < 1.29 is 9.59 Å². The summed E-state index contributed by atoms with van der Waals surface area (Å²) in [4.78, 5) is 28.8. The van der Waals surface area contributed by atoms with E-state index in [4.69, 9.17) is 5.26 Å². The number of pyridine rings is 1. The molecule has 0 radical (unpaired) electrons. The van der Waals surface area contributed by atoms with Crippen molar-refractivity contribution in [3.8, 4) is 6.07 Å². The molecule has 2 rings (SSSR count). The third kappa shape index (κ3) is 2.15. The van der Waals surface area contributed by atoms with Gasteiger partial charge >= 0.3 is 0 Å². The van der Waals surface area contributed by atoms with Gasteiger partial charge in [-0.05, 0) is 18.6 Å². The fourth-order valence-corrected chi connectivity index (χ4v) is 1.94.